The van der Waals surface area contributed by atoms with Gasteiger partial charge in [-0.1, -0.05) is 12.1 Å². The predicted octanol–water partition coefficient (Wildman–Crippen LogP) is 1.73. The SMILES string of the molecule is Cc1cccc(C(=O)O)c1N1CC(S)CC1=O. The minimum Gasteiger partial charge on any atom is -0.478 e. The second-order valence-corrected chi connectivity index (χ2v) is 4.87. The smallest absolute Gasteiger partial charge is 0.337 e. The molecule has 0 saturated carbocycles. The lowest BCUT2D eigenvalue weighted by molar-refractivity contribution is -0.117. The van der Waals surface area contributed by atoms with Crippen LogP contribution in [0.2, 0.25) is 0 Å². The van der Waals surface area contributed by atoms with Crippen molar-refractivity contribution in [1.82, 2.24) is 0 Å². The standard InChI is InChI=1S/C12H13NO3S/c1-7-3-2-4-9(12(15)16)11(7)13-6-8(17)5-10(13)14/h2-4,8,17H,5-6H2,1H3,(H,15,16). The summed E-state index contributed by atoms with van der Waals surface area (Å²) >= 11 is 4.27. The topological polar surface area (TPSA) is 57.6 Å². The molecule has 1 heterocycles. The maximum atomic E-state index is 11.8. The molecule has 1 fully saturated rings. The van der Waals surface area contributed by atoms with Crippen LogP contribution in [0.25, 0.3) is 0 Å². The van der Waals surface area contributed by atoms with Gasteiger partial charge in [-0.15, -0.1) is 0 Å². The van der Waals surface area contributed by atoms with E-state index in [0.29, 0.717) is 18.7 Å². The number of carboxylic acid groups (broad SMARTS) is 1. The van der Waals surface area contributed by atoms with Gasteiger partial charge in [0.2, 0.25) is 5.91 Å². The van der Waals surface area contributed by atoms with E-state index in [4.69, 9.17) is 5.11 Å². The summed E-state index contributed by atoms with van der Waals surface area (Å²) in [4.78, 5) is 24.5. The van der Waals surface area contributed by atoms with Gasteiger partial charge in [-0.05, 0) is 18.6 Å². The van der Waals surface area contributed by atoms with Crippen molar-refractivity contribution < 1.29 is 14.7 Å². The number of benzene rings is 1. The van der Waals surface area contributed by atoms with Gasteiger partial charge in [0.15, 0.2) is 0 Å². The summed E-state index contributed by atoms with van der Waals surface area (Å²) in [6.07, 6.45) is 0.358. The average molecular weight is 251 g/mol. The Bertz CT molecular complexity index is 487. The van der Waals surface area contributed by atoms with E-state index in [9.17, 15) is 9.59 Å². The molecule has 1 aromatic rings. The highest BCUT2D eigenvalue weighted by atomic mass is 32.1. The molecule has 1 amide bonds. The fourth-order valence-electron chi connectivity index (χ4n) is 2.09. The van der Waals surface area contributed by atoms with Gasteiger partial charge in [0.25, 0.3) is 0 Å². The Morgan fingerprint density at radius 2 is 2.24 bits per heavy atom. The van der Waals surface area contributed by atoms with Crippen molar-refractivity contribution in [2.45, 2.75) is 18.6 Å². The van der Waals surface area contributed by atoms with E-state index in [1.807, 2.05) is 0 Å². The molecule has 1 saturated heterocycles. The molecular weight excluding hydrogens is 238 g/mol. The number of anilines is 1. The third-order valence-corrected chi connectivity index (χ3v) is 3.19. The number of hydrogen-bond donors (Lipinski definition) is 2. The zero-order valence-electron chi connectivity index (χ0n) is 9.38. The first kappa shape index (κ1) is 12.0. The van der Waals surface area contributed by atoms with E-state index in [0.717, 1.165) is 5.56 Å². The second-order valence-electron chi connectivity index (χ2n) is 4.14. The van der Waals surface area contributed by atoms with Crippen molar-refractivity contribution in [2.75, 3.05) is 11.4 Å². The summed E-state index contributed by atoms with van der Waals surface area (Å²) in [5, 5.41) is 9.12. The molecule has 1 aliphatic rings. The average Bonchev–Trinajstić information content (AvgIpc) is 2.57. The number of para-hydroxylation sites is 1. The van der Waals surface area contributed by atoms with Gasteiger partial charge in [0.1, 0.15) is 0 Å². The first-order valence-electron chi connectivity index (χ1n) is 5.32. The molecule has 0 bridgehead atoms. The number of carbonyl (C=O) groups excluding carboxylic acids is 1. The molecule has 1 unspecified atom stereocenters. The lowest BCUT2D eigenvalue weighted by Gasteiger charge is -2.20. The van der Waals surface area contributed by atoms with Crippen molar-refractivity contribution in [2.24, 2.45) is 0 Å². The molecule has 0 radical (unpaired) electrons. The first-order valence-corrected chi connectivity index (χ1v) is 5.83. The van der Waals surface area contributed by atoms with Gasteiger partial charge < -0.3 is 10.0 Å². The van der Waals surface area contributed by atoms with Crippen molar-refractivity contribution in [1.29, 1.82) is 0 Å². The van der Waals surface area contributed by atoms with Gasteiger partial charge in [-0.2, -0.15) is 12.6 Å². The molecule has 1 atom stereocenters. The second kappa shape index (κ2) is 4.41. The highest BCUT2D eigenvalue weighted by molar-refractivity contribution is 7.81. The van der Waals surface area contributed by atoms with Crippen LogP contribution in [-0.2, 0) is 4.79 Å². The molecule has 0 aromatic heterocycles. The number of carboxylic acids is 1. The van der Waals surface area contributed by atoms with E-state index in [2.05, 4.69) is 12.6 Å². The molecule has 4 nitrogen and oxygen atoms in total. The van der Waals surface area contributed by atoms with Gasteiger partial charge in [-0.3, -0.25) is 4.79 Å². The Labute approximate surface area is 105 Å². The van der Waals surface area contributed by atoms with Crippen LogP contribution < -0.4 is 4.90 Å². The molecule has 2 rings (SSSR count). The number of rotatable bonds is 2. The Morgan fingerprint density at radius 1 is 1.53 bits per heavy atom. The quantitative estimate of drug-likeness (QED) is 0.787. The Balaban J connectivity index is 2.51. The highest BCUT2D eigenvalue weighted by Crippen LogP contribution is 2.30. The Morgan fingerprint density at radius 3 is 2.76 bits per heavy atom. The first-order chi connectivity index (χ1) is 8.00. The number of carbonyl (C=O) groups is 2. The van der Waals surface area contributed by atoms with Crippen LogP contribution in [0.15, 0.2) is 18.2 Å². The van der Waals surface area contributed by atoms with E-state index >= 15 is 0 Å². The van der Waals surface area contributed by atoms with Gasteiger partial charge in [0, 0.05) is 18.2 Å². The van der Waals surface area contributed by atoms with Gasteiger partial charge >= 0.3 is 5.97 Å². The summed E-state index contributed by atoms with van der Waals surface area (Å²) in [5.41, 5.74) is 1.46. The zero-order valence-corrected chi connectivity index (χ0v) is 10.3. The fourth-order valence-corrected chi connectivity index (χ4v) is 2.41. The molecule has 1 aliphatic heterocycles. The number of aryl methyl sites for hydroxylation is 1. The third kappa shape index (κ3) is 2.15. The number of nitrogens with zero attached hydrogens (tertiary/aromatic N) is 1. The van der Waals surface area contributed by atoms with Crippen LogP contribution in [0, 0.1) is 6.92 Å². The molecule has 1 aromatic carbocycles. The van der Waals surface area contributed by atoms with Crippen LogP contribution in [0.4, 0.5) is 5.69 Å². The molecule has 17 heavy (non-hydrogen) atoms. The molecular formula is C12H13NO3S. The van der Waals surface area contributed by atoms with Gasteiger partial charge in [-0.25, -0.2) is 4.79 Å². The summed E-state index contributed by atoms with van der Waals surface area (Å²) in [5.74, 6) is -1.08. The maximum absolute atomic E-state index is 11.8. The maximum Gasteiger partial charge on any atom is 0.337 e. The lowest BCUT2D eigenvalue weighted by atomic mass is 10.1. The highest BCUT2D eigenvalue weighted by Gasteiger charge is 2.31. The number of amides is 1. The minimum atomic E-state index is -1.01. The Kier molecular flexibility index (Phi) is 3.11. The summed E-state index contributed by atoms with van der Waals surface area (Å²) < 4.78 is 0. The van der Waals surface area contributed by atoms with Crippen LogP contribution in [0.3, 0.4) is 0 Å². The normalized spacial score (nSPS) is 19.8. The van der Waals surface area contributed by atoms with Crippen molar-refractivity contribution >= 4 is 30.2 Å². The van der Waals surface area contributed by atoms with E-state index < -0.39 is 5.97 Å². The van der Waals surface area contributed by atoms with Crippen molar-refractivity contribution in [3.63, 3.8) is 0 Å². The monoisotopic (exact) mass is 251 g/mol. The minimum absolute atomic E-state index is 0.0243. The number of aromatic carboxylic acids is 1. The van der Waals surface area contributed by atoms with E-state index in [1.165, 1.54) is 11.0 Å². The summed E-state index contributed by atoms with van der Waals surface area (Å²) in [6, 6.07) is 5.01. The van der Waals surface area contributed by atoms with Crippen molar-refractivity contribution in [3.05, 3.63) is 29.3 Å². The molecule has 0 aliphatic carbocycles. The lowest BCUT2D eigenvalue weighted by Crippen LogP contribution is -2.27. The summed E-state index contributed by atoms with van der Waals surface area (Å²) in [7, 11) is 0. The van der Waals surface area contributed by atoms with Gasteiger partial charge in [0.05, 0.1) is 11.3 Å². The number of hydrogen-bond acceptors (Lipinski definition) is 3. The molecule has 5 heteroatoms. The van der Waals surface area contributed by atoms with E-state index in [-0.39, 0.29) is 16.7 Å². The summed E-state index contributed by atoms with van der Waals surface area (Å²) in [6.45, 7) is 2.27. The fraction of sp³-hybridized carbons (Fsp3) is 0.333. The van der Waals surface area contributed by atoms with Crippen LogP contribution in [0.5, 0.6) is 0 Å². The molecule has 90 valence electrons. The molecule has 1 N–H and O–H groups in total. The largest absolute Gasteiger partial charge is 0.478 e. The third-order valence-electron chi connectivity index (χ3n) is 2.84. The number of thiol groups is 1. The molecule has 0 spiro atoms. The van der Waals surface area contributed by atoms with Crippen LogP contribution >= 0.6 is 12.6 Å². The van der Waals surface area contributed by atoms with E-state index in [1.54, 1.807) is 19.1 Å². The van der Waals surface area contributed by atoms with Crippen LogP contribution in [-0.4, -0.2) is 28.8 Å². The predicted molar refractivity (Wildman–Crippen MR) is 67.9 cm³/mol. The van der Waals surface area contributed by atoms with Crippen molar-refractivity contribution in [3.8, 4) is 0 Å². The zero-order chi connectivity index (χ0) is 12.6. The van der Waals surface area contributed by atoms with Crippen LogP contribution in [0.1, 0.15) is 22.3 Å². The Hall–Kier alpha value is -1.49.